The zero-order chi connectivity index (χ0) is 11.3. The molecule has 1 N–H and O–H groups in total. The molecule has 84 valence electrons. The Bertz CT molecular complexity index is 265. The number of piperidine rings is 1. The second-order valence-electron chi connectivity index (χ2n) is 4.01. The van der Waals surface area contributed by atoms with E-state index in [9.17, 15) is 9.59 Å². The number of carbonyl (C=O) groups excluding carboxylic acids is 1. The van der Waals surface area contributed by atoms with Gasteiger partial charge in [-0.2, -0.15) is 0 Å². The maximum atomic E-state index is 11.5. The number of hydrogen-bond donors (Lipinski definition) is 1. The minimum Gasteiger partial charge on any atom is -0.481 e. The summed E-state index contributed by atoms with van der Waals surface area (Å²) in [5.41, 5.74) is 0. The first-order valence-electron chi connectivity index (χ1n) is 5.27. The van der Waals surface area contributed by atoms with E-state index in [0.717, 1.165) is 25.9 Å². The van der Waals surface area contributed by atoms with E-state index in [1.165, 1.54) is 12.2 Å². The number of aliphatic carboxylic acids is 1. The molecular weight excluding hydrogens is 194 g/mol. The molecule has 4 nitrogen and oxygen atoms in total. The van der Waals surface area contributed by atoms with Crippen LogP contribution < -0.4 is 0 Å². The van der Waals surface area contributed by atoms with Crippen LogP contribution in [-0.4, -0.2) is 35.0 Å². The molecule has 0 radical (unpaired) electrons. The first-order valence-corrected chi connectivity index (χ1v) is 5.27. The summed E-state index contributed by atoms with van der Waals surface area (Å²) in [6, 6.07) is 0. The fourth-order valence-electron chi connectivity index (χ4n) is 1.59. The van der Waals surface area contributed by atoms with Gasteiger partial charge in [0.15, 0.2) is 0 Å². The van der Waals surface area contributed by atoms with Crippen LogP contribution in [0.4, 0.5) is 0 Å². The zero-order valence-corrected chi connectivity index (χ0v) is 8.98. The summed E-state index contributed by atoms with van der Waals surface area (Å²) in [7, 11) is 0. The van der Waals surface area contributed by atoms with Crippen molar-refractivity contribution in [2.24, 2.45) is 5.92 Å². The Labute approximate surface area is 89.6 Å². The van der Waals surface area contributed by atoms with E-state index in [2.05, 4.69) is 6.92 Å². The summed E-state index contributed by atoms with van der Waals surface area (Å²) in [5, 5.41) is 8.40. The molecule has 0 spiro atoms. The van der Waals surface area contributed by atoms with Gasteiger partial charge in [0.2, 0.25) is 5.91 Å². The fraction of sp³-hybridized carbons (Fsp3) is 0.636. The van der Waals surface area contributed by atoms with Gasteiger partial charge < -0.3 is 10.0 Å². The van der Waals surface area contributed by atoms with Crippen molar-refractivity contribution in [3.8, 4) is 0 Å². The molecule has 4 heteroatoms. The molecule has 1 aliphatic heterocycles. The summed E-state index contributed by atoms with van der Waals surface area (Å²) in [6.07, 6.45) is 4.76. The largest absolute Gasteiger partial charge is 0.481 e. The average Bonchev–Trinajstić information content (AvgIpc) is 2.18. The molecule has 0 atom stereocenters. The van der Waals surface area contributed by atoms with Crippen LogP contribution in [0.15, 0.2) is 12.2 Å². The third-order valence-electron chi connectivity index (χ3n) is 2.65. The predicted molar refractivity (Wildman–Crippen MR) is 56.4 cm³/mol. The summed E-state index contributed by atoms with van der Waals surface area (Å²) in [5.74, 6) is -0.286. The lowest BCUT2D eigenvalue weighted by Crippen LogP contribution is -2.36. The minimum absolute atomic E-state index is 0.0665. The van der Waals surface area contributed by atoms with Gasteiger partial charge in [-0.05, 0) is 24.8 Å². The Kier molecular flexibility index (Phi) is 4.34. The van der Waals surface area contributed by atoms with Crippen molar-refractivity contribution >= 4 is 11.9 Å². The molecule has 0 unspecified atom stereocenters. The minimum atomic E-state index is -0.911. The van der Waals surface area contributed by atoms with Crippen molar-refractivity contribution in [3.63, 3.8) is 0 Å². The van der Waals surface area contributed by atoms with Crippen molar-refractivity contribution < 1.29 is 14.7 Å². The number of hydrogen-bond acceptors (Lipinski definition) is 2. The number of carboxylic acids is 1. The predicted octanol–water partition coefficient (Wildman–Crippen LogP) is 1.28. The molecule has 0 bridgehead atoms. The lowest BCUT2D eigenvalue weighted by molar-refractivity contribution is -0.136. The monoisotopic (exact) mass is 211 g/mol. The molecule has 15 heavy (non-hydrogen) atoms. The number of nitrogens with zero attached hydrogens (tertiary/aromatic N) is 1. The Hall–Kier alpha value is -1.32. The van der Waals surface area contributed by atoms with E-state index in [1.54, 1.807) is 4.90 Å². The van der Waals surface area contributed by atoms with E-state index in [0.29, 0.717) is 5.92 Å². The van der Waals surface area contributed by atoms with Gasteiger partial charge in [-0.1, -0.05) is 13.0 Å². The van der Waals surface area contributed by atoms with Gasteiger partial charge in [0.05, 0.1) is 6.42 Å². The smallest absolute Gasteiger partial charge is 0.307 e. The Morgan fingerprint density at radius 2 is 2.00 bits per heavy atom. The summed E-state index contributed by atoms with van der Waals surface area (Å²) < 4.78 is 0. The fourth-order valence-corrected chi connectivity index (χ4v) is 1.59. The maximum absolute atomic E-state index is 11.5. The van der Waals surface area contributed by atoms with E-state index >= 15 is 0 Å². The molecule has 0 saturated carbocycles. The molecule has 1 fully saturated rings. The standard InChI is InChI=1S/C11H17NO3/c1-9-5-7-12(8-6-9)10(13)3-2-4-11(14)15/h2-3,9H,4-8H2,1H3,(H,14,15)/b3-2+. The molecule has 1 aliphatic rings. The molecule has 0 aliphatic carbocycles. The van der Waals surface area contributed by atoms with Crippen LogP contribution in [0.1, 0.15) is 26.2 Å². The normalized spacial score (nSPS) is 18.3. The zero-order valence-electron chi connectivity index (χ0n) is 8.98. The number of carboxylic acid groups (broad SMARTS) is 1. The van der Waals surface area contributed by atoms with Crippen molar-refractivity contribution in [2.45, 2.75) is 26.2 Å². The first-order chi connectivity index (χ1) is 7.09. The molecule has 1 rings (SSSR count). The highest BCUT2D eigenvalue weighted by Gasteiger charge is 2.18. The van der Waals surface area contributed by atoms with E-state index in [-0.39, 0.29) is 12.3 Å². The molecule has 1 heterocycles. The van der Waals surface area contributed by atoms with Crippen molar-refractivity contribution in [1.29, 1.82) is 0 Å². The van der Waals surface area contributed by atoms with Gasteiger partial charge >= 0.3 is 5.97 Å². The van der Waals surface area contributed by atoms with Crippen LogP contribution in [0.2, 0.25) is 0 Å². The number of likely N-dealkylation sites (tertiary alicyclic amines) is 1. The lowest BCUT2D eigenvalue weighted by atomic mass is 9.99. The van der Waals surface area contributed by atoms with Crippen LogP contribution in [0, 0.1) is 5.92 Å². The van der Waals surface area contributed by atoms with Crippen LogP contribution in [-0.2, 0) is 9.59 Å². The highest BCUT2D eigenvalue weighted by Crippen LogP contribution is 2.15. The Balaban J connectivity index is 2.34. The molecule has 0 aromatic rings. The van der Waals surface area contributed by atoms with E-state index in [1.807, 2.05) is 0 Å². The molecule has 1 amide bonds. The second-order valence-corrected chi connectivity index (χ2v) is 4.01. The molecule has 0 aromatic heterocycles. The van der Waals surface area contributed by atoms with Gasteiger partial charge in [-0.25, -0.2) is 0 Å². The van der Waals surface area contributed by atoms with E-state index in [4.69, 9.17) is 5.11 Å². The van der Waals surface area contributed by atoms with Crippen LogP contribution >= 0.6 is 0 Å². The third-order valence-corrected chi connectivity index (χ3v) is 2.65. The summed E-state index contributed by atoms with van der Waals surface area (Å²) in [4.78, 5) is 23.5. The summed E-state index contributed by atoms with van der Waals surface area (Å²) in [6.45, 7) is 3.76. The summed E-state index contributed by atoms with van der Waals surface area (Å²) >= 11 is 0. The van der Waals surface area contributed by atoms with Gasteiger partial charge in [0.1, 0.15) is 0 Å². The van der Waals surface area contributed by atoms with E-state index < -0.39 is 5.97 Å². The quantitative estimate of drug-likeness (QED) is 0.715. The highest BCUT2D eigenvalue weighted by molar-refractivity contribution is 5.88. The highest BCUT2D eigenvalue weighted by atomic mass is 16.4. The second kappa shape index (κ2) is 5.53. The van der Waals surface area contributed by atoms with Crippen LogP contribution in [0.25, 0.3) is 0 Å². The van der Waals surface area contributed by atoms with Crippen molar-refractivity contribution in [2.75, 3.05) is 13.1 Å². The number of rotatable bonds is 3. The lowest BCUT2D eigenvalue weighted by Gasteiger charge is -2.29. The molecule has 1 saturated heterocycles. The Morgan fingerprint density at radius 3 is 2.53 bits per heavy atom. The molecule has 0 aromatic carbocycles. The van der Waals surface area contributed by atoms with Gasteiger partial charge in [-0.3, -0.25) is 9.59 Å². The maximum Gasteiger partial charge on any atom is 0.307 e. The Morgan fingerprint density at radius 1 is 1.40 bits per heavy atom. The average molecular weight is 211 g/mol. The van der Waals surface area contributed by atoms with Crippen LogP contribution in [0.5, 0.6) is 0 Å². The SMILES string of the molecule is CC1CCN(C(=O)/C=C/CC(=O)O)CC1. The number of amides is 1. The third kappa shape index (κ3) is 4.14. The van der Waals surface area contributed by atoms with Gasteiger partial charge in [0, 0.05) is 13.1 Å². The van der Waals surface area contributed by atoms with Crippen molar-refractivity contribution in [1.82, 2.24) is 4.90 Å². The van der Waals surface area contributed by atoms with Gasteiger partial charge in [-0.15, -0.1) is 0 Å². The van der Waals surface area contributed by atoms with Crippen molar-refractivity contribution in [3.05, 3.63) is 12.2 Å². The van der Waals surface area contributed by atoms with Gasteiger partial charge in [0.25, 0.3) is 0 Å². The first kappa shape index (κ1) is 11.8. The molecular formula is C11H17NO3. The number of carbonyl (C=O) groups is 2. The topological polar surface area (TPSA) is 57.6 Å². The van der Waals surface area contributed by atoms with Crippen LogP contribution in [0.3, 0.4) is 0 Å².